The first kappa shape index (κ1) is 11.5. The van der Waals surface area contributed by atoms with Gasteiger partial charge in [-0.1, -0.05) is 29.8 Å². The lowest BCUT2D eigenvalue weighted by Gasteiger charge is -2.08. The third kappa shape index (κ3) is 2.58. The molecule has 17 heavy (non-hydrogen) atoms. The molecule has 0 atom stereocenters. The van der Waals surface area contributed by atoms with Gasteiger partial charge in [0.05, 0.1) is 10.6 Å². The molecule has 0 saturated carbocycles. The first-order valence-corrected chi connectivity index (χ1v) is 5.51. The van der Waals surface area contributed by atoms with Gasteiger partial charge in [0.25, 0.3) is 0 Å². The van der Waals surface area contributed by atoms with Crippen LogP contribution in [-0.4, -0.2) is 0 Å². The summed E-state index contributed by atoms with van der Waals surface area (Å²) in [5.74, 6) is 1.41. The van der Waals surface area contributed by atoms with Crippen LogP contribution in [0.25, 0.3) is 0 Å². The van der Waals surface area contributed by atoms with E-state index >= 15 is 0 Å². The maximum atomic E-state index is 8.77. The van der Waals surface area contributed by atoms with E-state index in [1.807, 2.05) is 37.3 Å². The first-order chi connectivity index (χ1) is 8.20. The van der Waals surface area contributed by atoms with E-state index < -0.39 is 0 Å². The summed E-state index contributed by atoms with van der Waals surface area (Å²) < 4.78 is 5.70. The van der Waals surface area contributed by atoms with Crippen molar-refractivity contribution in [2.24, 2.45) is 0 Å². The number of rotatable bonds is 2. The standard InChI is InChI=1S/C14H10ClNO/c1-10-4-2-3-5-14(10)17-12-7-6-11(9-16)13(15)8-12/h2-8H,1H3. The monoisotopic (exact) mass is 243 g/mol. The molecule has 0 heterocycles. The molecule has 0 aliphatic rings. The fraction of sp³-hybridized carbons (Fsp3) is 0.0714. The normalized spacial score (nSPS) is 9.71. The molecule has 2 nitrogen and oxygen atoms in total. The number of hydrogen-bond acceptors (Lipinski definition) is 2. The zero-order valence-electron chi connectivity index (χ0n) is 9.27. The van der Waals surface area contributed by atoms with Crippen molar-refractivity contribution in [3.8, 4) is 17.6 Å². The number of hydrogen-bond donors (Lipinski definition) is 0. The molecule has 0 unspecified atom stereocenters. The maximum absolute atomic E-state index is 8.77. The van der Waals surface area contributed by atoms with E-state index in [-0.39, 0.29) is 0 Å². The summed E-state index contributed by atoms with van der Waals surface area (Å²) in [4.78, 5) is 0. The Morgan fingerprint density at radius 2 is 1.94 bits per heavy atom. The Morgan fingerprint density at radius 1 is 1.18 bits per heavy atom. The Bertz CT molecular complexity index is 587. The minimum Gasteiger partial charge on any atom is -0.457 e. The first-order valence-electron chi connectivity index (χ1n) is 5.14. The summed E-state index contributed by atoms with van der Waals surface area (Å²) in [5, 5.41) is 9.17. The van der Waals surface area contributed by atoms with Gasteiger partial charge in [0.15, 0.2) is 0 Å². The van der Waals surface area contributed by atoms with E-state index in [0.717, 1.165) is 11.3 Å². The molecule has 0 aromatic heterocycles. The SMILES string of the molecule is Cc1ccccc1Oc1ccc(C#N)c(Cl)c1. The van der Waals surface area contributed by atoms with Gasteiger partial charge in [0.1, 0.15) is 17.6 Å². The second kappa shape index (κ2) is 4.90. The Morgan fingerprint density at radius 3 is 2.59 bits per heavy atom. The van der Waals surface area contributed by atoms with Gasteiger partial charge in [-0.3, -0.25) is 0 Å². The van der Waals surface area contributed by atoms with Crippen LogP contribution in [-0.2, 0) is 0 Å². The Kier molecular flexibility index (Phi) is 3.32. The van der Waals surface area contributed by atoms with Crippen molar-refractivity contribution in [2.45, 2.75) is 6.92 Å². The number of aryl methyl sites for hydroxylation is 1. The van der Waals surface area contributed by atoms with E-state index in [1.165, 1.54) is 0 Å². The number of benzene rings is 2. The summed E-state index contributed by atoms with van der Waals surface area (Å²) in [6, 6.07) is 14.8. The van der Waals surface area contributed by atoms with Crippen LogP contribution in [0.2, 0.25) is 5.02 Å². The average Bonchev–Trinajstić information content (AvgIpc) is 2.32. The molecule has 0 saturated heterocycles. The molecular formula is C14H10ClNO. The average molecular weight is 244 g/mol. The number of nitrogens with zero attached hydrogens (tertiary/aromatic N) is 1. The molecule has 2 aromatic carbocycles. The lowest BCUT2D eigenvalue weighted by Crippen LogP contribution is -1.87. The van der Waals surface area contributed by atoms with Crippen LogP contribution in [0.1, 0.15) is 11.1 Å². The number of para-hydroxylation sites is 1. The van der Waals surface area contributed by atoms with Crippen LogP contribution in [0.15, 0.2) is 42.5 Å². The van der Waals surface area contributed by atoms with Crippen LogP contribution < -0.4 is 4.74 Å². The summed E-state index contributed by atoms with van der Waals surface area (Å²) in [5.41, 5.74) is 1.50. The zero-order chi connectivity index (χ0) is 12.3. The fourth-order valence-electron chi connectivity index (χ4n) is 1.45. The quantitative estimate of drug-likeness (QED) is 0.787. The zero-order valence-corrected chi connectivity index (χ0v) is 10.0. The van der Waals surface area contributed by atoms with Crippen LogP contribution in [0, 0.1) is 18.3 Å². The highest BCUT2D eigenvalue weighted by molar-refractivity contribution is 6.31. The Labute approximate surface area is 105 Å². The van der Waals surface area contributed by atoms with Crippen molar-refractivity contribution in [3.63, 3.8) is 0 Å². The molecule has 0 radical (unpaired) electrons. The van der Waals surface area contributed by atoms with E-state index in [2.05, 4.69) is 0 Å². The van der Waals surface area contributed by atoms with Crippen molar-refractivity contribution in [3.05, 3.63) is 58.6 Å². The molecule has 2 rings (SSSR count). The van der Waals surface area contributed by atoms with Crippen molar-refractivity contribution in [2.75, 3.05) is 0 Å². The second-order valence-corrected chi connectivity index (χ2v) is 4.03. The maximum Gasteiger partial charge on any atom is 0.130 e. The lowest BCUT2D eigenvalue weighted by molar-refractivity contribution is 0.479. The molecular weight excluding hydrogens is 234 g/mol. The van der Waals surface area contributed by atoms with Gasteiger partial charge < -0.3 is 4.74 Å². The summed E-state index contributed by atoms with van der Waals surface area (Å²) in [6.07, 6.45) is 0. The molecule has 3 heteroatoms. The molecule has 0 aliphatic carbocycles. The van der Waals surface area contributed by atoms with Crippen molar-refractivity contribution in [1.82, 2.24) is 0 Å². The fourth-order valence-corrected chi connectivity index (χ4v) is 1.66. The van der Waals surface area contributed by atoms with Crippen LogP contribution >= 0.6 is 11.6 Å². The highest BCUT2D eigenvalue weighted by atomic mass is 35.5. The second-order valence-electron chi connectivity index (χ2n) is 3.62. The minimum atomic E-state index is 0.401. The largest absolute Gasteiger partial charge is 0.457 e. The van der Waals surface area contributed by atoms with Gasteiger partial charge in [-0.05, 0) is 30.7 Å². The van der Waals surface area contributed by atoms with Crippen LogP contribution in [0.4, 0.5) is 0 Å². The summed E-state index contributed by atoms with van der Waals surface area (Å²) in [7, 11) is 0. The Hall–Kier alpha value is -1.98. The summed E-state index contributed by atoms with van der Waals surface area (Å²) in [6.45, 7) is 1.97. The highest BCUT2D eigenvalue weighted by Crippen LogP contribution is 2.28. The molecule has 0 bridgehead atoms. The molecule has 0 spiro atoms. The molecule has 0 N–H and O–H groups in total. The van der Waals surface area contributed by atoms with Crippen molar-refractivity contribution >= 4 is 11.6 Å². The van der Waals surface area contributed by atoms with E-state index in [0.29, 0.717) is 16.3 Å². The van der Waals surface area contributed by atoms with Gasteiger partial charge in [-0.2, -0.15) is 5.26 Å². The highest BCUT2D eigenvalue weighted by Gasteiger charge is 2.04. The van der Waals surface area contributed by atoms with Crippen molar-refractivity contribution < 1.29 is 4.74 Å². The van der Waals surface area contributed by atoms with E-state index in [4.69, 9.17) is 21.6 Å². The van der Waals surface area contributed by atoms with Crippen LogP contribution in [0.3, 0.4) is 0 Å². The number of ether oxygens (including phenoxy) is 1. The van der Waals surface area contributed by atoms with Crippen molar-refractivity contribution in [1.29, 1.82) is 5.26 Å². The topological polar surface area (TPSA) is 33.0 Å². The number of nitriles is 1. The predicted octanol–water partition coefficient (Wildman–Crippen LogP) is 4.31. The van der Waals surface area contributed by atoms with E-state index in [1.54, 1.807) is 18.2 Å². The molecule has 84 valence electrons. The van der Waals surface area contributed by atoms with Gasteiger partial charge >= 0.3 is 0 Å². The molecule has 0 amide bonds. The molecule has 0 aliphatic heterocycles. The predicted molar refractivity (Wildman–Crippen MR) is 67.4 cm³/mol. The van der Waals surface area contributed by atoms with Gasteiger partial charge in [0, 0.05) is 6.07 Å². The molecule has 0 fully saturated rings. The smallest absolute Gasteiger partial charge is 0.130 e. The number of halogens is 1. The minimum absolute atomic E-state index is 0.401. The Balaban J connectivity index is 2.29. The van der Waals surface area contributed by atoms with E-state index in [9.17, 15) is 0 Å². The van der Waals surface area contributed by atoms with Gasteiger partial charge in [-0.25, -0.2) is 0 Å². The van der Waals surface area contributed by atoms with Gasteiger partial charge in [-0.15, -0.1) is 0 Å². The van der Waals surface area contributed by atoms with Gasteiger partial charge in [0.2, 0.25) is 0 Å². The van der Waals surface area contributed by atoms with Crippen LogP contribution in [0.5, 0.6) is 11.5 Å². The third-order valence-corrected chi connectivity index (χ3v) is 2.70. The summed E-state index contributed by atoms with van der Waals surface area (Å²) >= 11 is 5.93. The lowest BCUT2D eigenvalue weighted by atomic mass is 10.2. The molecule has 2 aromatic rings. The third-order valence-electron chi connectivity index (χ3n) is 2.38.